The molecule has 11 heteroatoms. The lowest BCUT2D eigenvalue weighted by Crippen LogP contribution is -2.28. The monoisotopic (exact) mass is 376 g/mol. The third kappa shape index (κ3) is 3.42. The Bertz CT molecular complexity index is 908. The van der Waals surface area contributed by atoms with Gasteiger partial charge in [-0.15, -0.1) is 10.2 Å². The average Bonchev–Trinajstić information content (AvgIpc) is 2.53. The number of anilines is 1. The van der Waals surface area contributed by atoms with Crippen molar-refractivity contribution in [3.8, 4) is 6.07 Å². The first-order valence-corrected chi connectivity index (χ1v) is 7.98. The molecule has 6 nitrogen and oxygen atoms in total. The topological polar surface area (TPSA) is 87.0 Å². The van der Waals surface area contributed by atoms with Gasteiger partial charge in [-0.25, -0.2) is 8.42 Å². The van der Waals surface area contributed by atoms with Crippen molar-refractivity contribution in [2.45, 2.75) is 11.1 Å². The molecule has 2 rings (SSSR count). The number of nitriles is 1. The lowest BCUT2D eigenvalue weighted by Gasteiger charge is -2.19. The Morgan fingerprint density at radius 2 is 1.88 bits per heavy atom. The van der Waals surface area contributed by atoms with E-state index in [2.05, 4.69) is 10.2 Å². The van der Waals surface area contributed by atoms with Crippen molar-refractivity contribution < 1.29 is 21.6 Å². The van der Waals surface area contributed by atoms with E-state index in [9.17, 15) is 21.6 Å². The van der Waals surface area contributed by atoms with Crippen molar-refractivity contribution in [1.29, 1.82) is 5.26 Å². The van der Waals surface area contributed by atoms with Crippen LogP contribution >= 0.6 is 11.6 Å². The highest BCUT2D eigenvalue weighted by molar-refractivity contribution is 7.92. The third-order valence-corrected chi connectivity index (χ3v) is 4.98. The van der Waals surface area contributed by atoms with Gasteiger partial charge in [-0.3, -0.25) is 4.31 Å². The minimum atomic E-state index is -4.87. The van der Waals surface area contributed by atoms with Crippen LogP contribution in [-0.2, 0) is 16.2 Å². The largest absolute Gasteiger partial charge is 0.417 e. The van der Waals surface area contributed by atoms with Crippen molar-refractivity contribution >= 4 is 27.4 Å². The van der Waals surface area contributed by atoms with Crippen molar-refractivity contribution in [2.75, 3.05) is 11.4 Å². The van der Waals surface area contributed by atoms with Gasteiger partial charge in [-0.2, -0.15) is 18.4 Å². The maximum Gasteiger partial charge on any atom is 0.417 e. The fourth-order valence-electron chi connectivity index (χ4n) is 1.77. The fraction of sp³-hybridized carbons (Fsp3) is 0.154. The van der Waals surface area contributed by atoms with E-state index in [4.69, 9.17) is 16.9 Å². The van der Waals surface area contributed by atoms with Crippen LogP contribution in [-0.4, -0.2) is 25.7 Å². The zero-order chi connectivity index (χ0) is 18.1. The summed E-state index contributed by atoms with van der Waals surface area (Å²) in [6.07, 6.45) is -4.87. The van der Waals surface area contributed by atoms with Gasteiger partial charge >= 0.3 is 6.18 Å². The van der Waals surface area contributed by atoms with Crippen LogP contribution in [0.5, 0.6) is 0 Å². The van der Waals surface area contributed by atoms with Gasteiger partial charge in [0, 0.05) is 7.05 Å². The summed E-state index contributed by atoms with van der Waals surface area (Å²) in [5.41, 5.74) is -2.00. The van der Waals surface area contributed by atoms with Gasteiger partial charge in [0.1, 0.15) is 0 Å². The summed E-state index contributed by atoms with van der Waals surface area (Å²) in [4.78, 5) is -0.631. The number of hydrogen-bond acceptors (Lipinski definition) is 5. The van der Waals surface area contributed by atoms with Crippen LogP contribution in [0.1, 0.15) is 11.1 Å². The zero-order valence-electron chi connectivity index (χ0n) is 11.9. The summed E-state index contributed by atoms with van der Waals surface area (Å²) >= 11 is 5.55. The number of sulfonamides is 1. The molecule has 0 saturated heterocycles. The zero-order valence-corrected chi connectivity index (χ0v) is 13.5. The molecule has 1 aromatic carbocycles. The molecule has 0 atom stereocenters. The molecule has 2 aromatic rings. The predicted molar refractivity (Wildman–Crippen MR) is 78.8 cm³/mol. The average molecular weight is 377 g/mol. The highest BCUT2D eigenvalue weighted by atomic mass is 35.5. The van der Waals surface area contributed by atoms with Crippen LogP contribution in [0.15, 0.2) is 35.2 Å². The second-order valence-electron chi connectivity index (χ2n) is 4.50. The number of nitrogens with zero attached hydrogens (tertiary/aromatic N) is 4. The first-order valence-electron chi connectivity index (χ1n) is 6.17. The highest BCUT2D eigenvalue weighted by Gasteiger charge is 2.35. The van der Waals surface area contributed by atoms with Gasteiger partial charge in [0.15, 0.2) is 11.0 Å². The summed E-state index contributed by atoms with van der Waals surface area (Å²) in [6.45, 7) is 0. The van der Waals surface area contributed by atoms with E-state index in [0.717, 1.165) is 19.2 Å². The summed E-state index contributed by atoms with van der Waals surface area (Å²) in [5.74, 6) is -0.127. The molecule has 0 bridgehead atoms. The number of hydrogen-bond donors (Lipinski definition) is 0. The summed E-state index contributed by atoms with van der Waals surface area (Å²) in [6, 6.07) is 6.05. The van der Waals surface area contributed by atoms with Crippen LogP contribution in [0.4, 0.5) is 19.0 Å². The maximum absolute atomic E-state index is 13.0. The number of halogens is 4. The van der Waals surface area contributed by atoms with Crippen LogP contribution in [0.3, 0.4) is 0 Å². The number of benzene rings is 1. The van der Waals surface area contributed by atoms with Gasteiger partial charge < -0.3 is 0 Å². The maximum atomic E-state index is 13.0. The van der Waals surface area contributed by atoms with E-state index >= 15 is 0 Å². The molecule has 1 heterocycles. The van der Waals surface area contributed by atoms with Crippen molar-refractivity contribution in [3.63, 3.8) is 0 Å². The van der Waals surface area contributed by atoms with E-state index in [0.29, 0.717) is 10.4 Å². The molecule has 0 aliphatic carbocycles. The SMILES string of the molecule is CN(c1ccc(Cl)nn1)S(=O)(=O)c1ccc(C#N)c(C(F)(F)F)c1. The highest BCUT2D eigenvalue weighted by Crippen LogP contribution is 2.34. The van der Waals surface area contributed by atoms with Gasteiger partial charge in [0.2, 0.25) is 0 Å². The minimum Gasteiger partial charge on any atom is -0.251 e. The lowest BCUT2D eigenvalue weighted by atomic mass is 10.1. The quantitative estimate of drug-likeness (QED) is 0.822. The fourth-order valence-corrected chi connectivity index (χ4v) is 3.04. The minimum absolute atomic E-state index is 0.0299. The summed E-state index contributed by atoms with van der Waals surface area (Å²) < 4.78 is 64.5. The van der Waals surface area contributed by atoms with E-state index in [1.54, 1.807) is 0 Å². The Morgan fingerprint density at radius 1 is 1.21 bits per heavy atom. The Balaban J connectivity index is 2.54. The van der Waals surface area contributed by atoms with Crippen LogP contribution in [0, 0.1) is 11.3 Å². The Kier molecular flexibility index (Phi) is 4.68. The Hall–Kier alpha value is -2.38. The number of rotatable bonds is 3. The first-order chi connectivity index (χ1) is 11.1. The van der Waals surface area contributed by atoms with Crippen LogP contribution in [0.25, 0.3) is 0 Å². The van der Waals surface area contributed by atoms with Crippen LogP contribution in [0.2, 0.25) is 5.15 Å². The molecule has 0 fully saturated rings. The van der Waals surface area contributed by atoms with Crippen molar-refractivity contribution in [2.24, 2.45) is 0 Å². The Labute approximate surface area is 140 Å². The molecule has 0 N–H and O–H groups in total. The molecule has 0 saturated carbocycles. The lowest BCUT2D eigenvalue weighted by molar-refractivity contribution is -0.137. The molecular formula is C13H8ClF3N4O2S. The molecule has 0 radical (unpaired) electrons. The van der Waals surface area contributed by atoms with Crippen LogP contribution < -0.4 is 4.31 Å². The van der Waals surface area contributed by atoms with E-state index in [-0.39, 0.29) is 11.0 Å². The van der Waals surface area contributed by atoms with Gasteiger partial charge in [0.25, 0.3) is 10.0 Å². The van der Waals surface area contributed by atoms with Gasteiger partial charge in [0.05, 0.1) is 22.1 Å². The molecule has 0 spiro atoms. The van der Waals surface area contributed by atoms with E-state index in [1.807, 2.05) is 0 Å². The molecule has 0 unspecified atom stereocenters. The van der Waals surface area contributed by atoms with E-state index in [1.165, 1.54) is 18.2 Å². The molecule has 0 aliphatic heterocycles. The Morgan fingerprint density at radius 3 is 2.38 bits per heavy atom. The molecule has 0 aliphatic rings. The number of alkyl halides is 3. The first kappa shape index (κ1) is 18.0. The second-order valence-corrected chi connectivity index (χ2v) is 6.86. The van der Waals surface area contributed by atoms with Crippen molar-refractivity contribution in [3.05, 3.63) is 46.6 Å². The van der Waals surface area contributed by atoms with Crippen molar-refractivity contribution in [1.82, 2.24) is 10.2 Å². The van der Waals surface area contributed by atoms with Gasteiger partial charge in [-0.05, 0) is 30.3 Å². The molecular weight excluding hydrogens is 369 g/mol. The number of aromatic nitrogens is 2. The third-order valence-electron chi connectivity index (χ3n) is 3.02. The normalized spacial score (nSPS) is 11.8. The molecule has 126 valence electrons. The summed E-state index contributed by atoms with van der Waals surface area (Å²) in [5, 5.41) is 15.8. The standard InChI is InChI=1S/C13H8ClF3N4O2S/c1-21(12-5-4-11(14)19-20-12)24(22,23)9-3-2-8(7-18)10(6-9)13(15,16)17/h2-6H,1H3. The smallest absolute Gasteiger partial charge is 0.251 e. The summed E-state index contributed by atoms with van der Waals surface area (Å²) in [7, 11) is -3.22. The molecule has 1 aromatic heterocycles. The molecule has 24 heavy (non-hydrogen) atoms. The molecule has 0 amide bonds. The second kappa shape index (κ2) is 6.26. The van der Waals surface area contributed by atoms with Gasteiger partial charge in [-0.1, -0.05) is 11.6 Å². The van der Waals surface area contributed by atoms with E-state index < -0.39 is 32.2 Å². The predicted octanol–water partition coefficient (Wildman–Crippen LogP) is 2.85.